The summed E-state index contributed by atoms with van der Waals surface area (Å²) in [7, 11) is 0. The zero-order valence-corrected chi connectivity index (χ0v) is 19.9. The standard InChI is InChI=1S/C28H20BrNO4/c1-15-7-12-19-21-14-20(16-5-3-2-4-6-16)23-25(24(21)28(33)34-22(19)13-15)27(32)30(26(23)31)18-10-8-17(29)9-11-18/h2-14,20,23-25H,1H3/t20-,23-,24-,25-/m1/s1. The second kappa shape index (κ2) is 7.77. The Balaban J connectivity index is 1.55. The Hall–Kier alpha value is -3.51. The summed E-state index contributed by atoms with van der Waals surface area (Å²) in [5.41, 5.74) is 3.99. The summed E-state index contributed by atoms with van der Waals surface area (Å²) in [6.07, 6.45) is 2.01. The first-order valence-corrected chi connectivity index (χ1v) is 12.0. The molecular formula is C28H20BrNO4. The van der Waals surface area contributed by atoms with Crippen LogP contribution in [0.5, 0.6) is 5.75 Å². The third-order valence-corrected chi connectivity index (χ3v) is 7.55. The van der Waals surface area contributed by atoms with E-state index in [4.69, 9.17) is 4.74 Å². The number of nitrogens with zero attached hydrogens (tertiary/aromatic N) is 1. The van der Waals surface area contributed by atoms with Crippen molar-refractivity contribution in [1.82, 2.24) is 0 Å². The molecule has 6 heteroatoms. The van der Waals surface area contributed by atoms with Gasteiger partial charge in [-0.25, -0.2) is 4.90 Å². The molecular weight excluding hydrogens is 494 g/mol. The molecule has 0 bridgehead atoms. The fourth-order valence-corrected chi connectivity index (χ4v) is 5.78. The average Bonchev–Trinajstić information content (AvgIpc) is 3.10. The molecule has 2 aliphatic heterocycles. The minimum Gasteiger partial charge on any atom is -0.425 e. The number of rotatable bonds is 2. The lowest BCUT2D eigenvalue weighted by Gasteiger charge is -2.38. The number of allylic oxidation sites excluding steroid dienone is 1. The molecule has 0 unspecified atom stereocenters. The Morgan fingerprint density at radius 2 is 1.56 bits per heavy atom. The molecule has 0 N–H and O–H groups in total. The monoisotopic (exact) mass is 513 g/mol. The number of anilines is 1. The number of carbonyl (C=O) groups excluding carboxylic acids is 3. The zero-order valence-electron chi connectivity index (χ0n) is 18.3. The van der Waals surface area contributed by atoms with E-state index in [-0.39, 0.29) is 17.7 Å². The number of hydrogen-bond donors (Lipinski definition) is 0. The van der Waals surface area contributed by atoms with Crippen LogP contribution in [0.2, 0.25) is 0 Å². The molecule has 168 valence electrons. The molecule has 0 aromatic heterocycles. The van der Waals surface area contributed by atoms with Crippen molar-refractivity contribution in [1.29, 1.82) is 0 Å². The van der Waals surface area contributed by atoms with Gasteiger partial charge in [-0.2, -0.15) is 0 Å². The second-order valence-electron chi connectivity index (χ2n) is 9.00. The summed E-state index contributed by atoms with van der Waals surface area (Å²) in [4.78, 5) is 42.2. The summed E-state index contributed by atoms with van der Waals surface area (Å²) >= 11 is 3.40. The number of esters is 1. The molecule has 1 aliphatic carbocycles. The highest BCUT2D eigenvalue weighted by molar-refractivity contribution is 9.10. The van der Waals surface area contributed by atoms with E-state index in [0.717, 1.165) is 26.7 Å². The molecule has 0 saturated carbocycles. The minimum absolute atomic E-state index is 0.288. The van der Waals surface area contributed by atoms with Crippen molar-refractivity contribution in [3.63, 3.8) is 0 Å². The van der Waals surface area contributed by atoms with E-state index in [2.05, 4.69) is 15.9 Å². The number of halogens is 1. The number of carbonyl (C=O) groups is 3. The van der Waals surface area contributed by atoms with Crippen LogP contribution in [-0.2, 0) is 14.4 Å². The van der Waals surface area contributed by atoms with E-state index < -0.39 is 23.7 Å². The minimum atomic E-state index is -0.830. The molecule has 1 fully saturated rings. The predicted molar refractivity (Wildman–Crippen MR) is 131 cm³/mol. The van der Waals surface area contributed by atoms with Gasteiger partial charge in [0.1, 0.15) is 5.75 Å². The van der Waals surface area contributed by atoms with E-state index in [0.29, 0.717) is 11.4 Å². The normalized spacial score (nSPS) is 25.3. The highest BCUT2D eigenvalue weighted by Crippen LogP contribution is 2.54. The summed E-state index contributed by atoms with van der Waals surface area (Å²) in [5, 5.41) is 0. The van der Waals surface area contributed by atoms with Gasteiger partial charge in [-0.3, -0.25) is 14.4 Å². The molecule has 3 aliphatic rings. The van der Waals surface area contributed by atoms with Gasteiger partial charge in [0.05, 0.1) is 23.4 Å². The van der Waals surface area contributed by atoms with Gasteiger partial charge in [0.2, 0.25) is 11.8 Å². The van der Waals surface area contributed by atoms with Gasteiger partial charge in [0, 0.05) is 16.0 Å². The van der Waals surface area contributed by atoms with Crippen molar-refractivity contribution < 1.29 is 19.1 Å². The van der Waals surface area contributed by atoms with Gasteiger partial charge in [-0.05, 0) is 54.0 Å². The molecule has 3 aromatic rings. The lowest BCUT2D eigenvalue weighted by molar-refractivity contribution is -0.142. The van der Waals surface area contributed by atoms with Crippen molar-refractivity contribution in [3.05, 3.63) is 100 Å². The molecule has 4 atom stereocenters. The van der Waals surface area contributed by atoms with Crippen molar-refractivity contribution in [3.8, 4) is 5.75 Å². The summed E-state index contributed by atoms with van der Waals surface area (Å²) in [6.45, 7) is 1.94. The molecule has 2 amide bonds. The van der Waals surface area contributed by atoms with Crippen LogP contribution >= 0.6 is 15.9 Å². The van der Waals surface area contributed by atoms with Crippen LogP contribution in [0.15, 0.2) is 83.3 Å². The Kier molecular flexibility index (Phi) is 4.81. The fraction of sp³-hybridized carbons (Fsp3) is 0.179. The molecule has 1 saturated heterocycles. The number of benzene rings is 3. The van der Waals surface area contributed by atoms with Gasteiger partial charge in [0.15, 0.2) is 0 Å². The first-order valence-electron chi connectivity index (χ1n) is 11.2. The molecule has 5 nitrogen and oxygen atoms in total. The van der Waals surface area contributed by atoms with Gasteiger partial charge < -0.3 is 4.74 Å². The van der Waals surface area contributed by atoms with Gasteiger partial charge in [-0.1, -0.05) is 64.5 Å². The topological polar surface area (TPSA) is 63.7 Å². The summed E-state index contributed by atoms with van der Waals surface area (Å²) < 4.78 is 6.55. The summed E-state index contributed by atoms with van der Waals surface area (Å²) in [5.74, 6) is -3.31. The molecule has 0 radical (unpaired) electrons. The van der Waals surface area contributed by atoms with Crippen molar-refractivity contribution in [2.45, 2.75) is 12.8 Å². The van der Waals surface area contributed by atoms with Crippen LogP contribution in [0, 0.1) is 24.7 Å². The maximum atomic E-state index is 13.8. The number of imide groups is 1. The van der Waals surface area contributed by atoms with Crippen LogP contribution in [0.4, 0.5) is 5.69 Å². The van der Waals surface area contributed by atoms with Crippen LogP contribution < -0.4 is 9.64 Å². The number of aryl methyl sites for hydroxylation is 1. The van der Waals surface area contributed by atoms with Gasteiger partial charge >= 0.3 is 5.97 Å². The van der Waals surface area contributed by atoms with Crippen LogP contribution in [-0.4, -0.2) is 17.8 Å². The van der Waals surface area contributed by atoms with E-state index in [9.17, 15) is 14.4 Å². The Morgan fingerprint density at radius 1 is 0.853 bits per heavy atom. The molecule has 6 rings (SSSR count). The van der Waals surface area contributed by atoms with Crippen LogP contribution in [0.25, 0.3) is 5.57 Å². The Morgan fingerprint density at radius 3 is 2.29 bits per heavy atom. The lowest BCUT2D eigenvalue weighted by atomic mass is 9.64. The Bertz CT molecular complexity index is 1380. The smallest absolute Gasteiger partial charge is 0.319 e. The van der Waals surface area contributed by atoms with Crippen LogP contribution in [0.1, 0.15) is 22.6 Å². The fourth-order valence-electron chi connectivity index (χ4n) is 5.51. The van der Waals surface area contributed by atoms with Crippen molar-refractivity contribution >= 4 is 45.0 Å². The predicted octanol–water partition coefficient (Wildman–Crippen LogP) is 5.28. The maximum Gasteiger partial charge on any atom is 0.319 e. The number of amides is 2. The highest BCUT2D eigenvalue weighted by Gasteiger charge is 2.60. The van der Waals surface area contributed by atoms with Gasteiger partial charge in [-0.15, -0.1) is 0 Å². The first kappa shape index (κ1) is 21.1. The molecule has 2 heterocycles. The Labute approximate surface area is 205 Å². The average molecular weight is 514 g/mol. The second-order valence-corrected chi connectivity index (χ2v) is 9.91. The highest BCUT2D eigenvalue weighted by atomic mass is 79.9. The number of fused-ring (bicyclic) bond motifs is 5. The largest absolute Gasteiger partial charge is 0.425 e. The third kappa shape index (κ3) is 3.09. The first-order chi connectivity index (χ1) is 16.4. The summed E-state index contributed by atoms with van der Waals surface area (Å²) in [6, 6.07) is 22.5. The third-order valence-electron chi connectivity index (χ3n) is 7.02. The maximum absolute atomic E-state index is 13.8. The number of ether oxygens (including phenoxy) is 1. The molecule has 0 spiro atoms. The van der Waals surface area contributed by atoms with Gasteiger partial charge in [0.25, 0.3) is 0 Å². The molecule has 34 heavy (non-hydrogen) atoms. The van der Waals surface area contributed by atoms with Crippen molar-refractivity contribution in [2.24, 2.45) is 17.8 Å². The van der Waals surface area contributed by atoms with E-state index in [1.54, 1.807) is 24.3 Å². The lowest BCUT2D eigenvalue weighted by Crippen LogP contribution is -2.42. The van der Waals surface area contributed by atoms with E-state index >= 15 is 0 Å². The van der Waals surface area contributed by atoms with E-state index in [1.807, 2.05) is 61.5 Å². The zero-order chi connectivity index (χ0) is 23.6. The quantitative estimate of drug-likeness (QED) is 0.265. The van der Waals surface area contributed by atoms with E-state index in [1.165, 1.54) is 4.90 Å². The SMILES string of the molecule is Cc1ccc2c(c1)OC(=O)[C@@H]1C2=C[C@H](c2ccccc2)[C@H]2C(=O)N(c3ccc(Br)cc3)C(=O)[C@@H]12. The number of hydrogen-bond acceptors (Lipinski definition) is 4. The molecule has 3 aromatic carbocycles. The van der Waals surface area contributed by atoms with Crippen molar-refractivity contribution in [2.75, 3.05) is 4.90 Å². The van der Waals surface area contributed by atoms with Crippen LogP contribution in [0.3, 0.4) is 0 Å².